The van der Waals surface area contributed by atoms with E-state index >= 15 is 0 Å². The van der Waals surface area contributed by atoms with Gasteiger partial charge in [0.1, 0.15) is 6.29 Å². The summed E-state index contributed by atoms with van der Waals surface area (Å²) in [5.74, 6) is 1.61. The van der Waals surface area contributed by atoms with Gasteiger partial charge in [-0.3, -0.25) is 0 Å². The van der Waals surface area contributed by atoms with E-state index in [1.165, 1.54) is 44.8 Å². The minimum Gasteiger partial charge on any atom is -0.302 e. The van der Waals surface area contributed by atoms with E-state index < -0.39 is 0 Å². The van der Waals surface area contributed by atoms with E-state index in [4.69, 9.17) is 0 Å². The monoisotopic (exact) mass is 274 g/mol. The number of allylic oxidation sites excluding steroid dienone is 2. The van der Waals surface area contributed by atoms with E-state index in [1.807, 2.05) is 0 Å². The van der Waals surface area contributed by atoms with Crippen LogP contribution in [0.5, 0.6) is 0 Å². The third-order valence-corrected chi connectivity index (χ3v) is 7.00. The lowest BCUT2D eigenvalue weighted by Crippen LogP contribution is -2.50. The predicted molar refractivity (Wildman–Crippen MR) is 83.4 cm³/mol. The number of hydrogen-bond donors (Lipinski definition) is 0. The fraction of sp³-hybridized carbons (Fsp3) is 0.842. The fourth-order valence-electron chi connectivity index (χ4n) is 5.94. The lowest BCUT2D eigenvalue weighted by molar-refractivity contribution is -0.115. The van der Waals surface area contributed by atoms with Gasteiger partial charge in [-0.05, 0) is 68.1 Å². The van der Waals surface area contributed by atoms with Crippen LogP contribution < -0.4 is 0 Å². The smallest absolute Gasteiger partial charge is 0.129 e. The lowest BCUT2D eigenvalue weighted by Gasteiger charge is -2.59. The maximum Gasteiger partial charge on any atom is 0.129 e. The Kier molecular flexibility index (Phi) is 3.19. The van der Waals surface area contributed by atoms with Crippen molar-refractivity contribution in [3.05, 3.63) is 11.6 Å². The molecule has 2 saturated carbocycles. The van der Waals surface area contributed by atoms with E-state index in [2.05, 4.69) is 33.8 Å². The van der Waals surface area contributed by atoms with Gasteiger partial charge in [0, 0.05) is 5.41 Å². The zero-order valence-corrected chi connectivity index (χ0v) is 13.7. The minimum absolute atomic E-state index is 0.181. The fourth-order valence-corrected chi connectivity index (χ4v) is 5.94. The molecule has 0 unspecified atom stereocenters. The molecule has 112 valence electrons. The first-order chi connectivity index (χ1) is 9.31. The summed E-state index contributed by atoms with van der Waals surface area (Å²) in [6.45, 7) is 9.65. The van der Waals surface area contributed by atoms with Gasteiger partial charge in [-0.1, -0.05) is 38.8 Å². The summed E-state index contributed by atoms with van der Waals surface area (Å²) in [6.07, 6.45) is 12.5. The van der Waals surface area contributed by atoms with E-state index in [-0.39, 0.29) is 5.41 Å². The topological polar surface area (TPSA) is 17.1 Å². The molecule has 0 N–H and O–H groups in total. The van der Waals surface area contributed by atoms with Crippen LogP contribution >= 0.6 is 0 Å². The Balaban J connectivity index is 1.97. The second kappa shape index (κ2) is 4.45. The molecule has 0 aliphatic heterocycles. The summed E-state index contributed by atoms with van der Waals surface area (Å²) >= 11 is 0. The Morgan fingerprint density at radius 3 is 2.55 bits per heavy atom. The van der Waals surface area contributed by atoms with Crippen molar-refractivity contribution in [2.24, 2.45) is 28.1 Å². The van der Waals surface area contributed by atoms with E-state index in [0.717, 1.165) is 18.3 Å². The molecule has 0 aromatic rings. The number of fused-ring (bicyclic) bond motifs is 3. The second-order valence-corrected chi connectivity index (χ2v) is 8.87. The second-order valence-electron chi connectivity index (χ2n) is 8.87. The average Bonchev–Trinajstić information content (AvgIpc) is 2.37. The normalized spacial score (nSPS) is 46.9. The summed E-state index contributed by atoms with van der Waals surface area (Å²) in [6, 6.07) is 0. The summed E-state index contributed by atoms with van der Waals surface area (Å²) in [7, 11) is 0. The van der Waals surface area contributed by atoms with E-state index in [9.17, 15) is 4.79 Å². The van der Waals surface area contributed by atoms with Gasteiger partial charge in [-0.15, -0.1) is 0 Å². The maximum atomic E-state index is 11.4. The van der Waals surface area contributed by atoms with Crippen molar-refractivity contribution in [3.63, 3.8) is 0 Å². The standard InChI is InChI=1S/C19H30O/c1-17(2)9-5-10-19(4)15-8-11-18(3,13-20)12-14(15)6-7-16(17)19/h12-13,15-16H,5-11H2,1-4H3/t15-,16-,18+,19+/m1/s1. The molecule has 4 atom stereocenters. The first-order valence-electron chi connectivity index (χ1n) is 8.49. The van der Waals surface area contributed by atoms with Crippen LogP contribution in [-0.2, 0) is 4.79 Å². The van der Waals surface area contributed by atoms with Gasteiger partial charge in [0.05, 0.1) is 0 Å². The molecule has 0 heterocycles. The van der Waals surface area contributed by atoms with Crippen LogP contribution in [0.1, 0.15) is 72.6 Å². The Bertz CT molecular complexity index is 447. The van der Waals surface area contributed by atoms with Gasteiger partial charge in [-0.2, -0.15) is 0 Å². The van der Waals surface area contributed by atoms with Crippen LogP contribution in [0.4, 0.5) is 0 Å². The largest absolute Gasteiger partial charge is 0.302 e. The van der Waals surface area contributed by atoms with Crippen molar-refractivity contribution in [2.45, 2.75) is 72.6 Å². The molecule has 0 aromatic heterocycles. The van der Waals surface area contributed by atoms with Crippen LogP contribution in [0, 0.1) is 28.1 Å². The van der Waals surface area contributed by atoms with Gasteiger partial charge in [0.15, 0.2) is 0 Å². The number of rotatable bonds is 1. The molecule has 0 radical (unpaired) electrons. The van der Waals surface area contributed by atoms with Crippen molar-refractivity contribution in [2.75, 3.05) is 0 Å². The van der Waals surface area contributed by atoms with Gasteiger partial charge in [0.2, 0.25) is 0 Å². The highest BCUT2D eigenvalue weighted by Gasteiger charge is 2.54. The third-order valence-electron chi connectivity index (χ3n) is 7.00. The molecule has 20 heavy (non-hydrogen) atoms. The van der Waals surface area contributed by atoms with Gasteiger partial charge < -0.3 is 4.79 Å². The number of carbonyl (C=O) groups excluding carboxylic acids is 1. The summed E-state index contributed by atoms with van der Waals surface area (Å²) < 4.78 is 0. The van der Waals surface area contributed by atoms with E-state index in [0.29, 0.717) is 10.8 Å². The van der Waals surface area contributed by atoms with Crippen molar-refractivity contribution < 1.29 is 4.79 Å². The van der Waals surface area contributed by atoms with Crippen molar-refractivity contribution in [1.82, 2.24) is 0 Å². The molecule has 0 saturated heterocycles. The highest BCUT2D eigenvalue weighted by atomic mass is 16.1. The van der Waals surface area contributed by atoms with Crippen molar-refractivity contribution in [3.8, 4) is 0 Å². The molecule has 3 aliphatic carbocycles. The molecule has 3 rings (SSSR count). The molecular formula is C19H30O. The SMILES string of the molecule is CC1(C)CCC[C@@]2(C)[C@@H]3CC[C@](C)(C=O)C=C3CC[C@H]12. The average molecular weight is 274 g/mol. The molecule has 0 bridgehead atoms. The maximum absolute atomic E-state index is 11.4. The quantitative estimate of drug-likeness (QED) is 0.477. The molecule has 0 amide bonds. The van der Waals surface area contributed by atoms with Crippen molar-refractivity contribution >= 4 is 6.29 Å². The Morgan fingerprint density at radius 1 is 1.10 bits per heavy atom. The first-order valence-corrected chi connectivity index (χ1v) is 8.49. The zero-order valence-electron chi connectivity index (χ0n) is 13.7. The summed E-state index contributed by atoms with van der Waals surface area (Å²) in [5.41, 5.74) is 2.42. The van der Waals surface area contributed by atoms with Crippen LogP contribution in [0.3, 0.4) is 0 Å². The number of aldehydes is 1. The van der Waals surface area contributed by atoms with Crippen LogP contribution in [0.15, 0.2) is 11.6 Å². The highest BCUT2D eigenvalue weighted by Crippen LogP contribution is 2.63. The third kappa shape index (κ3) is 2.00. The van der Waals surface area contributed by atoms with Crippen molar-refractivity contribution in [1.29, 1.82) is 0 Å². The minimum atomic E-state index is -0.181. The Labute approximate surface area is 124 Å². The highest BCUT2D eigenvalue weighted by molar-refractivity contribution is 5.63. The molecule has 0 spiro atoms. The summed E-state index contributed by atoms with van der Waals surface area (Å²) in [5, 5.41) is 0. The van der Waals surface area contributed by atoms with Gasteiger partial charge in [0.25, 0.3) is 0 Å². The molecule has 1 heteroatoms. The van der Waals surface area contributed by atoms with Crippen LogP contribution in [-0.4, -0.2) is 6.29 Å². The van der Waals surface area contributed by atoms with Crippen LogP contribution in [0.25, 0.3) is 0 Å². The lowest BCUT2D eigenvalue weighted by atomic mass is 9.45. The van der Waals surface area contributed by atoms with Gasteiger partial charge in [-0.25, -0.2) is 0 Å². The Hall–Kier alpha value is -0.590. The Morgan fingerprint density at radius 2 is 1.85 bits per heavy atom. The number of carbonyl (C=O) groups is 1. The molecule has 3 aliphatic rings. The van der Waals surface area contributed by atoms with Crippen LogP contribution in [0.2, 0.25) is 0 Å². The van der Waals surface area contributed by atoms with E-state index in [1.54, 1.807) is 5.57 Å². The van der Waals surface area contributed by atoms with Gasteiger partial charge >= 0.3 is 0 Å². The molecule has 0 aromatic carbocycles. The first kappa shape index (κ1) is 14.4. The predicted octanol–water partition coefficient (Wildman–Crippen LogP) is 5.15. The summed E-state index contributed by atoms with van der Waals surface area (Å²) in [4.78, 5) is 11.4. The molecule has 1 nitrogen and oxygen atoms in total. The molecular weight excluding hydrogens is 244 g/mol. The zero-order chi connectivity index (χ0) is 14.6. The number of hydrogen-bond acceptors (Lipinski definition) is 1. The molecule has 2 fully saturated rings.